The lowest BCUT2D eigenvalue weighted by molar-refractivity contribution is 0.176. The summed E-state index contributed by atoms with van der Waals surface area (Å²) in [6.45, 7) is 3.26. The minimum Gasteiger partial charge on any atom is -0.296 e. The van der Waals surface area contributed by atoms with Gasteiger partial charge in [0.1, 0.15) is 0 Å². The van der Waals surface area contributed by atoms with Crippen LogP contribution in [0.1, 0.15) is 12.0 Å². The van der Waals surface area contributed by atoms with Crippen molar-refractivity contribution >= 4 is 21.8 Å². The summed E-state index contributed by atoms with van der Waals surface area (Å²) >= 11 is 5.99. The molecular formula is C15H21ClN4O2S. The lowest BCUT2D eigenvalue weighted by atomic mass is 10.2. The van der Waals surface area contributed by atoms with Crippen LogP contribution in [0.3, 0.4) is 0 Å². The highest BCUT2D eigenvalue weighted by Crippen LogP contribution is 2.16. The van der Waals surface area contributed by atoms with E-state index in [0.717, 1.165) is 12.1 Å². The third kappa shape index (κ3) is 4.90. The topological polar surface area (TPSA) is 67.6 Å². The van der Waals surface area contributed by atoms with Gasteiger partial charge in [-0.05, 0) is 17.7 Å². The molecule has 0 N–H and O–H groups in total. The van der Waals surface area contributed by atoms with E-state index in [9.17, 15) is 8.42 Å². The quantitative estimate of drug-likeness (QED) is 0.775. The average Bonchev–Trinajstić information content (AvgIpc) is 2.53. The van der Waals surface area contributed by atoms with Gasteiger partial charge in [0.05, 0.1) is 6.07 Å². The second kappa shape index (κ2) is 8.08. The molecule has 0 bridgehead atoms. The molecule has 1 saturated heterocycles. The smallest absolute Gasteiger partial charge is 0.281 e. The first-order valence-corrected chi connectivity index (χ1v) is 9.26. The number of hydrogen-bond acceptors (Lipinski definition) is 4. The fraction of sp³-hybridized carbons (Fsp3) is 0.533. The van der Waals surface area contributed by atoms with Crippen LogP contribution < -0.4 is 0 Å². The summed E-state index contributed by atoms with van der Waals surface area (Å²) in [5.74, 6) is 0. The third-order valence-corrected chi connectivity index (χ3v) is 6.11. The largest absolute Gasteiger partial charge is 0.296 e. The maximum atomic E-state index is 12.4. The minimum absolute atomic E-state index is 0.199. The molecule has 126 valence electrons. The van der Waals surface area contributed by atoms with E-state index in [1.54, 1.807) is 0 Å². The van der Waals surface area contributed by atoms with Crippen molar-refractivity contribution in [2.24, 2.45) is 0 Å². The lowest BCUT2D eigenvalue weighted by Gasteiger charge is -2.35. The Hall–Kier alpha value is -1.17. The Balaban J connectivity index is 1.89. The Morgan fingerprint density at radius 1 is 1.30 bits per heavy atom. The van der Waals surface area contributed by atoms with Gasteiger partial charge in [0.15, 0.2) is 0 Å². The van der Waals surface area contributed by atoms with E-state index in [0.29, 0.717) is 31.2 Å². The summed E-state index contributed by atoms with van der Waals surface area (Å²) < 4.78 is 27.6. The molecule has 6 nitrogen and oxygen atoms in total. The fourth-order valence-corrected chi connectivity index (χ4v) is 4.09. The first-order chi connectivity index (χ1) is 10.9. The van der Waals surface area contributed by atoms with E-state index in [2.05, 4.69) is 4.90 Å². The molecule has 1 aliphatic heterocycles. The van der Waals surface area contributed by atoms with Gasteiger partial charge in [-0.3, -0.25) is 4.90 Å². The Morgan fingerprint density at radius 2 is 2.00 bits per heavy atom. The van der Waals surface area contributed by atoms with Gasteiger partial charge in [-0.25, -0.2) is 0 Å². The highest BCUT2D eigenvalue weighted by molar-refractivity contribution is 7.86. The maximum Gasteiger partial charge on any atom is 0.281 e. The molecule has 23 heavy (non-hydrogen) atoms. The van der Waals surface area contributed by atoms with Gasteiger partial charge in [-0.2, -0.15) is 22.3 Å². The van der Waals surface area contributed by atoms with Crippen LogP contribution in [0.4, 0.5) is 0 Å². The SMILES string of the molecule is CN(CCC#N)S(=O)(=O)N1CCN(Cc2cccc(Cl)c2)CC1. The van der Waals surface area contributed by atoms with E-state index in [-0.39, 0.29) is 13.0 Å². The van der Waals surface area contributed by atoms with E-state index in [1.165, 1.54) is 15.7 Å². The summed E-state index contributed by atoms with van der Waals surface area (Å²) in [7, 11) is -1.95. The molecule has 1 fully saturated rings. The molecule has 1 aromatic rings. The van der Waals surface area contributed by atoms with Gasteiger partial charge in [-0.1, -0.05) is 23.7 Å². The normalized spacial score (nSPS) is 17.3. The highest BCUT2D eigenvalue weighted by atomic mass is 35.5. The van der Waals surface area contributed by atoms with Crippen LogP contribution in [0.15, 0.2) is 24.3 Å². The molecular weight excluding hydrogens is 336 g/mol. The summed E-state index contributed by atoms with van der Waals surface area (Å²) in [5, 5.41) is 9.30. The van der Waals surface area contributed by atoms with Crippen LogP contribution in [0.25, 0.3) is 0 Å². The Morgan fingerprint density at radius 3 is 2.61 bits per heavy atom. The van der Waals surface area contributed by atoms with Crippen molar-refractivity contribution in [2.45, 2.75) is 13.0 Å². The molecule has 0 radical (unpaired) electrons. The first-order valence-electron chi connectivity index (χ1n) is 7.48. The van der Waals surface area contributed by atoms with Gasteiger partial charge in [0.2, 0.25) is 0 Å². The predicted octanol–water partition coefficient (Wildman–Crippen LogP) is 1.55. The van der Waals surface area contributed by atoms with Crippen LogP contribution in [-0.4, -0.2) is 61.7 Å². The van der Waals surface area contributed by atoms with E-state index >= 15 is 0 Å². The standard InChI is InChI=1S/C15H21ClN4O2S/c1-18(7-3-6-17)23(21,22)20-10-8-19(9-11-20)13-14-4-2-5-15(16)12-14/h2,4-5,12H,3,7-11,13H2,1H3. The van der Waals surface area contributed by atoms with Gasteiger partial charge in [0, 0.05) is 57.8 Å². The summed E-state index contributed by atoms with van der Waals surface area (Å²) in [5.41, 5.74) is 1.12. The van der Waals surface area contributed by atoms with Gasteiger partial charge in [0.25, 0.3) is 10.2 Å². The Bertz CT molecular complexity index is 666. The lowest BCUT2D eigenvalue weighted by Crippen LogP contribution is -2.52. The van der Waals surface area contributed by atoms with Crippen molar-refractivity contribution < 1.29 is 8.42 Å². The zero-order valence-corrected chi connectivity index (χ0v) is 14.7. The second-order valence-corrected chi connectivity index (χ2v) is 8.01. The van der Waals surface area contributed by atoms with Gasteiger partial charge in [-0.15, -0.1) is 0 Å². The van der Waals surface area contributed by atoms with Gasteiger partial charge < -0.3 is 0 Å². The van der Waals surface area contributed by atoms with Crippen molar-refractivity contribution in [3.05, 3.63) is 34.9 Å². The number of benzene rings is 1. The number of rotatable bonds is 6. The number of piperazine rings is 1. The van der Waals surface area contributed by atoms with Crippen molar-refractivity contribution in [2.75, 3.05) is 39.8 Å². The highest BCUT2D eigenvalue weighted by Gasteiger charge is 2.29. The minimum atomic E-state index is -3.47. The van der Waals surface area contributed by atoms with Crippen molar-refractivity contribution in [1.29, 1.82) is 5.26 Å². The monoisotopic (exact) mass is 356 g/mol. The Kier molecular flexibility index (Phi) is 6.39. The summed E-state index contributed by atoms with van der Waals surface area (Å²) in [4.78, 5) is 2.22. The van der Waals surface area contributed by atoms with Crippen molar-refractivity contribution in [3.8, 4) is 6.07 Å². The second-order valence-electron chi connectivity index (χ2n) is 5.54. The van der Waals surface area contributed by atoms with Crippen LogP contribution in [0, 0.1) is 11.3 Å². The Labute approximate surface area is 143 Å². The van der Waals surface area contributed by atoms with E-state index in [4.69, 9.17) is 16.9 Å². The van der Waals surface area contributed by atoms with Crippen molar-refractivity contribution in [3.63, 3.8) is 0 Å². The third-order valence-electron chi connectivity index (χ3n) is 3.89. The van der Waals surface area contributed by atoms with Gasteiger partial charge >= 0.3 is 0 Å². The van der Waals surface area contributed by atoms with Crippen LogP contribution in [-0.2, 0) is 16.8 Å². The van der Waals surface area contributed by atoms with E-state index in [1.807, 2.05) is 30.3 Å². The number of nitriles is 1. The zero-order valence-electron chi connectivity index (χ0n) is 13.2. The molecule has 0 unspecified atom stereocenters. The molecule has 0 aliphatic carbocycles. The molecule has 0 atom stereocenters. The molecule has 0 aromatic heterocycles. The maximum absolute atomic E-state index is 12.4. The predicted molar refractivity (Wildman–Crippen MR) is 90.1 cm³/mol. The molecule has 1 aromatic carbocycles. The molecule has 0 saturated carbocycles. The molecule has 1 heterocycles. The number of halogens is 1. The van der Waals surface area contributed by atoms with E-state index < -0.39 is 10.2 Å². The van der Waals surface area contributed by atoms with Crippen LogP contribution >= 0.6 is 11.6 Å². The summed E-state index contributed by atoms with van der Waals surface area (Å²) in [6.07, 6.45) is 0.199. The van der Waals surface area contributed by atoms with Crippen LogP contribution in [0.5, 0.6) is 0 Å². The molecule has 2 rings (SSSR count). The van der Waals surface area contributed by atoms with Crippen LogP contribution in [0.2, 0.25) is 5.02 Å². The molecule has 1 aliphatic rings. The first kappa shape index (κ1) is 18.2. The number of hydrogen-bond donors (Lipinski definition) is 0. The average molecular weight is 357 g/mol. The zero-order chi connectivity index (χ0) is 16.9. The summed E-state index contributed by atoms with van der Waals surface area (Å²) in [6, 6.07) is 9.68. The molecule has 0 spiro atoms. The number of nitrogens with zero attached hydrogens (tertiary/aromatic N) is 4. The van der Waals surface area contributed by atoms with Crippen molar-refractivity contribution in [1.82, 2.24) is 13.5 Å². The fourth-order valence-electron chi connectivity index (χ4n) is 2.53. The molecule has 0 amide bonds. The molecule has 8 heteroatoms.